The first-order valence-electron chi connectivity index (χ1n) is 10.6. The van der Waals surface area contributed by atoms with Gasteiger partial charge in [0.2, 0.25) is 0 Å². The van der Waals surface area contributed by atoms with Gasteiger partial charge in [0, 0.05) is 15.5 Å². The summed E-state index contributed by atoms with van der Waals surface area (Å²) in [5.41, 5.74) is 4.73. The molecule has 2 fully saturated rings. The second-order valence-electron chi connectivity index (χ2n) is 9.12. The van der Waals surface area contributed by atoms with Crippen molar-refractivity contribution in [2.45, 2.75) is 45.3 Å². The number of carbonyl (C=O) groups is 1. The zero-order valence-electron chi connectivity index (χ0n) is 17.3. The summed E-state index contributed by atoms with van der Waals surface area (Å²) >= 11 is 1.81. The van der Waals surface area contributed by atoms with Gasteiger partial charge < -0.3 is 9.84 Å². The lowest BCUT2D eigenvalue weighted by atomic mass is 9.74. The summed E-state index contributed by atoms with van der Waals surface area (Å²) in [6, 6.07) is 14.9. The van der Waals surface area contributed by atoms with Crippen molar-refractivity contribution >= 4 is 32.8 Å². The lowest BCUT2D eigenvalue weighted by molar-refractivity contribution is -0.118. The number of carbonyl (C=O) groups excluding carboxylic acids is 1. The van der Waals surface area contributed by atoms with Gasteiger partial charge in [-0.25, -0.2) is 0 Å². The molecule has 3 aromatic rings. The molecule has 152 valence electrons. The Morgan fingerprint density at radius 2 is 1.77 bits per heavy atom. The number of hydrogen-bond acceptors (Lipinski definition) is 4. The van der Waals surface area contributed by atoms with Crippen LogP contribution in [0.3, 0.4) is 0 Å². The number of ether oxygens (including phenoxy) is 1. The van der Waals surface area contributed by atoms with Crippen molar-refractivity contribution in [3.63, 3.8) is 0 Å². The molecule has 3 aliphatic rings. The molecule has 6 rings (SSSR count). The van der Waals surface area contributed by atoms with E-state index in [2.05, 4.69) is 49.4 Å². The Hall–Kier alpha value is -2.43. The van der Waals surface area contributed by atoms with Crippen LogP contribution in [-0.4, -0.2) is 23.1 Å². The van der Waals surface area contributed by atoms with Crippen LogP contribution in [0.2, 0.25) is 0 Å². The van der Waals surface area contributed by atoms with Gasteiger partial charge in [-0.3, -0.25) is 4.79 Å². The second-order valence-corrected chi connectivity index (χ2v) is 10.2. The van der Waals surface area contributed by atoms with Gasteiger partial charge in [0.05, 0.1) is 29.6 Å². The lowest BCUT2D eigenvalue weighted by Gasteiger charge is -2.26. The molecular formula is C26H24O3S. The number of thiophene rings is 1. The van der Waals surface area contributed by atoms with E-state index < -0.39 is 0 Å². The minimum absolute atomic E-state index is 0.0647. The molecule has 2 bridgehead atoms. The van der Waals surface area contributed by atoms with Crippen molar-refractivity contribution in [2.75, 3.05) is 0 Å². The SMILES string of the molecule is Cc1cc(C)c(C2=C(O)[C@@H]3C4OC(CC4c4cc5ccccc5s4)[C@@H]3C2=O)c(C)c1. The fraction of sp³-hybridized carbons (Fsp3) is 0.346. The van der Waals surface area contributed by atoms with Crippen molar-refractivity contribution in [1.82, 2.24) is 0 Å². The van der Waals surface area contributed by atoms with Crippen molar-refractivity contribution in [3.8, 4) is 0 Å². The van der Waals surface area contributed by atoms with Crippen LogP contribution in [0.15, 0.2) is 48.2 Å². The van der Waals surface area contributed by atoms with Gasteiger partial charge in [0.15, 0.2) is 5.78 Å². The van der Waals surface area contributed by atoms with E-state index >= 15 is 0 Å². The molecule has 1 aromatic heterocycles. The second kappa shape index (κ2) is 6.29. The largest absolute Gasteiger partial charge is 0.511 e. The highest BCUT2D eigenvalue weighted by molar-refractivity contribution is 7.19. The third-order valence-electron chi connectivity index (χ3n) is 7.21. The van der Waals surface area contributed by atoms with Crippen LogP contribution < -0.4 is 0 Å². The number of hydrogen-bond donors (Lipinski definition) is 1. The summed E-state index contributed by atoms with van der Waals surface area (Å²) in [6.07, 6.45) is 0.630. The molecule has 4 heteroatoms. The molecule has 0 radical (unpaired) electrons. The number of Topliss-reactive ketones (excluding diaryl/α,β-unsaturated/α-hetero) is 1. The third kappa shape index (κ3) is 2.38. The van der Waals surface area contributed by atoms with Crippen LogP contribution >= 0.6 is 11.3 Å². The third-order valence-corrected chi connectivity index (χ3v) is 8.46. The molecule has 3 nitrogen and oxygen atoms in total. The normalized spacial score (nSPS) is 30.0. The maximum Gasteiger partial charge on any atom is 0.173 e. The molecule has 3 heterocycles. The van der Waals surface area contributed by atoms with Crippen molar-refractivity contribution < 1.29 is 14.6 Å². The summed E-state index contributed by atoms with van der Waals surface area (Å²) in [4.78, 5) is 14.8. The van der Waals surface area contributed by atoms with Crippen LogP contribution in [-0.2, 0) is 9.53 Å². The van der Waals surface area contributed by atoms with Gasteiger partial charge in [-0.2, -0.15) is 0 Å². The van der Waals surface area contributed by atoms with Crippen molar-refractivity contribution in [3.05, 3.63) is 75.4 Å². The molecule has 2 aliphatic heterocycles. The monoisotopic (exact) mass is 416 g/mol. The fourth-order valence-corrected chi connectivity index (χ4v) is 7.36. The zero-order valence-corrected chi connectivity index (χ0v) is 18.1. The van der Waals surface area contributed by atoms with Gasteiger partial charge >= 0.3 is 0 Å². The predicted molar refractivity (Wildman–Crippen MR) is 120 cm³/mol. The highest BCUT2D eigenvalue weighted by atomic mass is 32.1. The first kappa shape index (κ1) is 18.3. The van der Waals surface area contributed by atoms with Gasteiger partial charge in [-0.1, -0.05) is 35.9 Å². The zero-order chi connectivity index (χ0) is 20.7. The van der Waals surface area contributed by atoms with Gasteiger partial charge in [-0.05, 0) is 61.4 Å². The van der Waals surface area contributed by atoms with E-state index in [1.165, 1.54) is 20.5 Å². The summed E-state index contributed by atoms with van der Waals surface area (Å²) < 4.78 is 7.58. The maximum absolute atomic E-state index is 13.5. The molecule has 0 spiro atoms. The molecule has 0 saturated carbocycles. The quantitative estimate of drug-likeness (QED) is 0.569. The number of aliphatic hydroxyl groups excluding tert-OH is 1. The van der Waals surface area contributed by atoms with Crippen LogP contribution in [0.1, 0.15) is 39.5 Å². The molecule has 0 amide bonds. The van der Waals surface area contributed by atoms with E-state index in [0.717, 1.165) is 23.1 Å². The Morgan fingerprint density at radius 3 is 2.50 bits per heavy atom. The average Bonchev–Trinajstić information content (AvgIpc) is 3.44. The minimum atomic E-state index is -0.240. The van der Waals surface area contributed by atoms with Gasteiger partial charge in [-0.15, -0.1) is 11.3 Å². The van der Waals surface area contributed by atoms with E-state index in [0.29, 0.717) is 5.57 Å². The van der Waals surface area contributed by atoms with E-state index in [-0.39, 0.29) is 41.5 Å². The van der Waals surface area contributed by atoms with Crippen LogP contribution in [0.5, 0.6) is 0 Å². The molecular weight excluding hydrogens is 392 g/mol. The highest BCUT2D eigenvalue weighted by Gasteiger charge is 2.62. The number of rotatable bonds is 2. The Bertz CT molecular complexity index is 1190. The predicted octanol–water partition coefficient (Wildman–Crippen LogP) is 5.87. The standard InChI is InChI=1S/C26H24O3S/c1-12-8-13(2)20(14(3)9-12)22-24(27)21-17-11-16(26(29-17)23(21)25(22)28)19-10-15-6-4-5-7-18(15)30-19/h4-10,16-17,21,23,26,28H,11H2,1-3H3/t16?,17?,21-,23+,26?/m0/s1. The fourth-order valence-electron chi connectivity index (χ4n) is 6.14. The first-order chi connectivity index (χ1) is 14.4. The molecule has 3 unspecified atom stereocenters. The Labute approximate surface area is 180 Å². The van der Waals surface area contributed by atoms with Gasteiger partial charge in [0.25, 0.3) is 0 Å². The number of ketones is 1. The van der Waals surface area contributed by atoms with Crippen molar-refractivity contribution in [1.29, 1.82) is 0 Å². The van der Waals surface area contributed by atoms with Crippen LogP contribution in [0, 0.1) is 32.6 Å². The summed E-state index contributed by atoms with van der Waals surface area (Å²) in [6.45, 7) is 6.12. The summed E-state index contributed by atoms with van der Waals surface area (Å²) in [5.74, 6) is 0.0914. The Balaban J connectivity index is 1.42. The van der Waals surface area contributed by atoms with E-state index in [9.17, 15) is 9.90 Å². The summed E-state index contributed by atoms with van der Waals surface area (Å²) in [5, 5.41) is 12.6. The molecule has 5 atom stereocenters. The Kier molecular flexibility index (Phi) is 3.84. The minimum Gasteiger partial charge on any atom is -0.511 e. The number of fused-ring (bicyclic) bond motifs is 6. The molecule has 2 aromatic carbocycles. The highest BCUT2D eigenvalue weighted by Crippen LogP contribution is 2.59. The Morgan fingerprint density at radius 1 is 1.03 bits per heavy atom. The molecule has 1 N–H and O–H groups in total. The van der Waals surface area contributed by atoms with E-state index in [1.807, 2.05) is 25.2 Å². The first-order valence-corrected chi connectivity index (χ1v) is 11.4. The topological polar surface area (TPSA) is 46.5 Å². The van der Waals surface area contributed by atoms with E-state index in [4.69, 9.17) is 4.74 Å². The average molecular weight is 417 g/mol. The number of allylic oxidation sites excluding steroid dienone is 1. The van der Waals surface area contributed by atoms with Crippen LogP contribution in [0.4, 0.5) is 0 Å². The molecule has 30 heavy (non-hydrogen) atoms. The summed E-state index contributed by atoms with van der Waals surface area (Å²) in [7, 11) is 0. The molecule has 1 aliphatic carbocycles. The van der Waals surface area contributed by atoms with Crippen LogP contribution in [0.25, 0.3) is 15.7 Å². The number of aryl methyl sites for hydroxylation is 3. The molecule has 2 saturated heterocycles. The van der Waals surface area contributed by atoms with E-state index in [1.54, 1.807) is 0 Å². The van der Waals surface area contributed by atoms with Gasteiger partial charge in [0.1, 0.15) is 5.76 Å². The number of benzene rings is 2. The van der Waals surface area contributed by atoms with Crippen molar-refractivity contribution in [2.24, 2.45) is 11.8 Å². The lowest BCUT2D eigenvalue weighted by Crippen LogP contribution is -2.33. The smallest absolute Gasteiger partial charge is 0.173 e. The number of aliphatic hydroxyl groups is 1. The maximum atomic E-state index is 13.5.